The number of carbonyl (C=O) groups excluding carboxylic acids is 3. The van der Waals surface area contributed by atoms with Crippen molar-refractivity contribution in [2.45, 2.75) is 51.7 Å². The molecule has 15 heteroatoms. The van der Waals surface area contributed by atoms with Gasteiger partial charge in [-0.3, -0.25) is 14.4 Å². The highest BCUT2D eigenvalue weighted by Gasteiger charge is 2.33. The molecule has 0 saturated carbocycles. The Morgan fingerprint density at radius 3 is 2.37 bits per heavy atom. The van der Waals surface area contributed by atoms with E-state index in [2.05, 4.69) is 77.1 Å². The number of amides is 2. The molecule has 6 aromatic rings. The number of imidazole rings is 2. The summed E-state index contributed by atoms with van der Waals surface area (Å²) < 4.78 is 21.9. The van der Waals surface area contributed by atoms with Crippen molar-refractivity contribution < 1.29 is 28.6 Å². The number of nitrogens with one attached hydrogen (secondary N) is 3. The van der Waals surface area contributed by atoms with Gasteiger partial charge in [0.2, 0.25) is 17.8 Å². The summed E-state index contributed by atoms with van der Waals surface area (Å²) in [5, 5.41) is 13.4. The van der Waals surface area contributed by atoms with Crippen LogP contribution in [0.1, 0.15) is 49.8 Å². The van der Waals surface area contributed by atoms with Crippen LogP contribution in [-0.2, 0) is 41.7 Å². The van der Waals surface area contributed by atoms with Gasteiger partial charge in [-0.1, -0.05) is 42.5 Å². The number of benzene rings is 3. The Bertz CT molecular complexity index is 2420. The van der Waals surface area contributed by atoms with Gasteiger partial charge in [0, 0.05) is 38.7 Å². The Kier molecular flexibility index (Phi) is 14.6. The number of rotatable bonds is 19. The van der Waals surface area contributed by atoms with E-state index in [1.54, 1.807) is 11.3 Å². The Balaban J connectivity index is 0.928. The molecule has 326 valence electrons. The summed E-state index contributed by atoms with van der Waals surface area (Å²) in [4.78, 5) is 50.2. The highest BCUT2D eigenvalue weighted by atomic mass is 32.1. The lowest BCUT2D eigenvalue weighted by Gasteiger charge is -2.34. The number of hydrogen-bond donors (Lipinski definition) is 3. The third-order valence-electron chi connectivity index (χ3n) is 11.8. The van der Waals surface area contributed by atoms with Crippen molar-refractivity contribution in [2.75, 3.05) is 70.7 Å². The molecule has 3 aromatic carbocycles. The number of fused-ring (bicyclic) bond motifs is 2. The fourth-order valence-corrected chi connectivity index (χ4v) is 9.28. The number of ether oxygens (including phenoxy) is 3. The minimum Gasteiger partial charge on any atom is -0.463 e. The Morgan fingerprint density at radius 2 is 1.60 bits per heavy atom. The van der Waals surface area contributed by atoms with E-state index in [1.165, 1.54) is 12.5 Å². The van der Waals surface area contributed by atoms with Gasteiger partial charge in [-0.25, -0.2) is 9.97 Å². The molecule has 8 rings (SSSR count). The van der Waals surface area contributed by atoms with Crippen LogP contribution in [0.4, 0.5) is 5.95 Å². The van der Waals surface area contributed by atoms with Gasteiger partial charge in [0.1, 0.15) is 19.0 Å². The quantitative estimate of drug-likeness (QED) is 0.0658. The average molecular weight is 861 g/mol. The second-order valence-electron chi connectivity index (χ2n) is 16.1. The molecule has 0 bridgehead atoms. The molecule has 2 amide bonds. The van der Waals surface area contributed by atoms with Crippen LogP contribution in [0.3, 0.4) is 0 Å². The van der Waals surface area contributed by atoms with Crippen LogP contribution in [-0.4, -0.2) is 103 Å². The molecule has 62 heavy (non-hydrogen) atoms. The molecule has 0 unspecified atom stereocenters. The first-order valence-corrected chi connectivity index (χ1v) is 22.7. The van der Waals surface area contributed by atoms with Crippen LogP contribution in [0.15, 0.2) is 89.6 Å². The van der Waals surface area contributed by atoms with Gasteiger partial charge in [0.25, 0.3) is 0 Å². The van der Waals surface area contributed by atoms with Crippen LogP contribution in [0.5, 0.6) is 0 Å². The maximum atomic E-state index is 14.0. The minimum absolute atomic E-state index is 0.0844. The SMILES string of the molecule is CC(=O)NCCOCCOCC(=O)NCc1cccc(-c2nc3ccccc3n2[C@H](COC(=O)C2CCN(c3nc4ccccc4n3Cc3ccsc3)CC2)C2CCNCC2)c1. The van der Waals surface area contributed by atoms with Crippen LogP contribution in [0.25, 0.3) is 33.5 Å². The number of esters is 1. The number of piperidine rings is 2. The largest absolute Gasteiger partial charge is 0.463 e. The molecule has 3 aromatic heterocycles. The van der Waals surface area contributed by atoms with E-state index in [9.17, 15) is 14.4 Å². The van der Waals surface area contributed by atoms with E-state index in [0.717, 1.165) is 90.5 Å². The van der Waals surface area contributed by atoms with Gasteiger partial charge in [-0.15, -0.1) is 0 Å². The van der Waals surface area contributed by atoms with E-state index in [4.69, 9.17) is 24.2 Å². The number of carbonyl (C=O) groups is 3. The molecule has 5 heterocycles. The average Bonchev–Trinajstić information content (AvgIpc) is 4.06. The third-order valence-corrected chi connectivity index (χ3v) is 12.6. The zero-order valence-electron chi connectivity index (χ0n) is 35.3. The van der Waals surface area contributed by atoms with Crippen LogP contribution in [0, 0.1) is 11.8 Å². The molecule has 1 atom stereocenters. The topological polar surface area (TPSA) is 154 Å². The standard InChI is InChI=1S/C47H56N8O6S/c1-33(56)49-20-23-59-24-25-60-31-44(57)50-28-34-7-6-8-38(27-34)45-51-40-10-3-5-12-42(40)55(45)43(36-13-18-48-19-14-36)30-61-46(58)37-15-21-53(22-16-37)47-52-39-9-2-4-11-41(39)54(47)29-35-17-26-62-32-35/h2-12,17,26-27,32,36-37,43,48H,13-16,18-25,28-31H2,1H3,(H,49,56)(H,50,57)/t43-/m1/s1. The molecule has 0 aliphatic carbocycles. The van der Waals surface area contributed by atoms with E-state index in [1.807, 2.05) is 42.5 Å². The van der Waals surface area contributed by atoms with E-state index < -0.39 is 0 Å². The lowest BCUT2D eigenvalue weighted by molar-refractivity contribution is -0.151. The molecule has 2 aliphatic rings. The second-order valence-corrected chi connectivity index (χ2v) is 16.9. The number of nitrogens with zero attached hydrogens (tertiary/aromatic N) is 5. The highest BCUT2D eigenvalue weighted by molar-refractivity contribution is 7.07. The molecule has 0 spiro atoms. The first-order chi connectivity index (χ1) is 30.4. The first-order valence-electron chi connectivity index (χ1n) is 21.7. The van der Waals surface area contributed by atoms with Crippen molar-refractivity contribution in [3.63, 3.8) is 0 Å². The fourth-order valence-electron chi connectivity index (χ4n) is 8.62. The molecule has 2 fully saturated rings. The maximum Gasteiger partial charge on any atom is 0.309 e. The van der Waals surface area contributed by atoms with Crippen molar-refractivity contribution in [2.24, 2.45) is 11.8 Å². The number of para-hydroxylation sites is 4. The number of thiophene rings is 1. The zero-order valence-corrected chi connectivity index (χ0v) is 36.1. The summed E-state index contributed by atoms with van der Waals surface area (Å²) >= 11 is 1.70. The van der Waals surface area contributed by atoms with Gasteiger partial charge in [0.15, 0.2) is 0 Å². The van der Waals surface area contributed by atoms with Gasteiger partial charge < -0.3 is 44.2 Å². The molecule has 14 nitrogen and oxygen atoms in total. The van der Waals surface area contributed by atoms with Crippen molar-refractivity contribution in [3.8, 4) is 11.4 Å². The Labute approximate surface area is 366 Å². The molecule has 2 saturated heterocycles. The van der Waals surface area contributed by atoms with Crippen LogP contribution in [0.2, 0.25) is 0 Å². The van der Waals surface area contributed by atoms with Crippen molar-refractivity contribution in [1.29, 1.82) is 0 Å². The predicted molar refractivity (Wildman–Crippen MR) is 241 cm³/mol. The lowest BCUT2D eigenvalue weighted by Crippen LogP contribution is -2.39. The molecular formula is C47H56N8O6S. The zero-order chi connectivity index (χ0) is 42.7. The summed E-state index contributed by atoms with van der Waals surface area (Å²) in [5.74, 6) is 1.35. The van der Waals surface area contributed by atoms with Gasteiger partial charge in [-0.2, -0.15) is 11.3 Å². The maximum absolute atomic E-state index is 14.0. The summed E-state index contributed by atoms with van der Waals surface area (Å²) in [6.45, 7) is 7.36. The predicted octanol–water partition coefficient (Wildman–Crippen LogP) is 5.95. The van der Waals surface area contributed by atoms with Crippen LogP contribution < -0.4 is 20.9 Å². The van der Waals surface area contributed by atoms with Crippen LogP contribution >= 0.6 is 11.3 Å². The van der Waals surface area contributed by atoms with Gasteiger partial charge >= 0.3 is 5.97 Å². The first kappa shape index (κ1) is 43.1. The van der Waals surface area contributed by atoms with E-state index in [0.29, 0.717) is 39.1 Å². The number of aromatic nitrogens is 4. The summed E-state index contributed by atoms with van der Waals surface area (Å²) in [6, 6.07) is 26.6. The Morgan fingerprint density at radius 1 is 0.839 bits per heavy atom. The number of anilines is 1. The van der Waals surface area contributed by atoms with E-state index in [-0.39, 0.29) is 55.5 Å². The second kappa shape index (κ2) is 21.0. The normalized spacial score (nSPS) is 15.5. The lowest BCUT2D eigenvalue weighted by atomic mass is 9.89. The fraction of sp³-hybridized carbons (Fsp3) is 0.426. The van der Waals surface area contributed by atoms with Gasteiger partial charge in [-0.05, 0) is 103 Å². The third kappa shape index (κ3) is 10.7. The van der Waals surface area contributed by atoms with Crippen molar-refractivity contribution in [3.05, 3.63) is 101 Å². The minimum atomic E-state index is -0.228. The Hall–Kier alpha value is -5.61. The summed E-state index contributed by atoms with van der Waals surface area (Å²) in [5.41, 5.74) is 7.06. The highest BCUT2D eigenvalue weighted by Crippen LogP contribution is 2.36. The number of hydrogen-bond acceptors (Lipinski definition) is 11. The smallest absolute Gasteiger partial charge is 0.309 e. The molecular weight excluding hydrogens is 805 g/mol. The summed E-state index contributed by atoms with van der Waals surface area (Å²) in [6.07, 6.45) is 3.30. The van der Waals surface area contributed by atoms with Crippen molar-refractivity contribution >= 4 is 57.1 Å². The molecule has 2 aliphatic heterocycles. The molecule has 0 radical (unpaired) electrons. The van der Waals surface area contributed by atoms with Gasteiger partial charge in [0.05, 0.1) is 60.4 Å². The molecule has 3 N–H and O–H groups in total. The summed E-state index contributed by atoms with van der Waals surface area (Å²) in [7, 11) is 0. The van der Waals surface area contributed by atoms with E-state index >= 15 is 0 Å². The monoisotopic (exact) mass is 860 g/mol. The van der Waals surface area contributed by atoms with Crippen molar-refractivity contribution in [1.82, 2.24) is 35.1 Å².